The minimum atomic E-state index is -0.816. The molecule has 58 heavy (non-hydrogen) atoms. The minimum absolute atomic E-state index is 0. The Kier molecular flexibility index (Phi) is 9.81. The Balaban J connectivity index is 0.00000436. The Labute approximate surface area is 353 Å². The van der Waals surface area contributed by atoms with Crippen LogP contribution in [-0.4, -0.2) is 9.97 Å². The maximum absolute atomic E-state index is 6.88. The van der Waals surface area contributed by atoms with Crippen LogP contribution in [-0.2, 0) is 26.5 Å². The normalized spacial score (nSPS) is 12.6. The predicted molar refractivity (Wildman–Crippen MR) is 231 cm³/mol. The van der Waals surface area contributed by atoms with Gasteiger partial charge in [0.1, 0.15) is 0 Å². The zero-order valence-electron chi connectivity index (χ0n) is 32.0. The van der Waals surface area contributed by atoms with E-state index < -0.39 is 5.41 Å². The van der Waals surface area contributed by atoms with Crippen LogP contribution in [0.3, 0.4) is 0 Å². The molecule has 2 aromatic heterocycles. The first-order valence-corrected chi connectivity index (χ1v) is 19.2. The Morgan fingerprint density at radius 1 is 0.552 bits per heavy atom. The monoisotopic (exact) mass is 926 g/mol. The van der Waals surface area contributed by atoms with Gasteiger partial charge in [0.15, 0.2) is 0 Å². The fourth-order valence-corrected chi connectivity index (χ4v) is 8.62. The summed E-state index contributed by atoms with van der Waals surface area (Å²) in [4.78, 5) is 12.3. The fourth-order valence-electron chi connectivity index (χ4n) is 8.62. The van der Waals surface area contributed by atoms with E-state index in [-0.39, 0.29) is 21.1 Å². The van der Waals surface area contributed by atoms with Crippen LogP contribution in [0.1, 0.15) is 33.5 Å². The van der Waals surface area contributed by atoms with Crippen molar-refractivity contribution in [1.29, 1.82) is 0 Å². The van der Waals surface area contributed by atoms with Crippen molar-refractivity contribution in [2.45, 2.75) is 19.3 Å². The number of aryl methyl sites for hydroxylation is 2. The van der Waals surface area contributed by atoms with Gasteiger partial charge in [-0.25, -0.2) is 0 Å². The van der Waals surface area contributed by atoms with Gasteiger partial charge in [-0.2, -0.15) is 12.1 Å². The fraction of sp³-hybridized carbons (Fsp3) is 0.0566. The van der Waals surface area contributed by atoms with E-state index >= 15 is 0 Å². The quantitative estimate of drug-likeness (QED) is 0.149. The van der Waals surface area contributed by atoms with Gasteiger partial charge in [0.25, 0.3) is 0 Å². The van der Waals surface area contributed by atoms with Crippen molar-refractivity contribution in [2.75, 3.05) is 4.90 Å². The van der Waals surface area contributed by atoms with Gasteiger partial charge in [-0.05, 0) is 94.5 Å². The smallest absolute Gasteiger partial charge is 0.503 e. The van der Waals surface area contributed by atoms with Crippen LogP contribution < -0.4 is 9.64 Å². The maximum atomic E-state index is 6.88. The molecule has 1 aliphatic heterocycles. The van der Waals surface area contributed by atoms with E-state index in [1.54, 1.807) is 0 Å². The topological polar surface area (TPSA) is 38.2 Å². The predicted octanol–water partition coefficient (Wildman–Crippen LogP) is 13.1. The van der Waals surface area contributed by atoms with E-state index in [1.165, 1.54) is 16.7 Å². The van der Waals surface area contributed by atoms with E-state index in [9.17, 15) is 0 Å². The third-order valence-corrected chi connectivity index (χ3v) is 11.1. The largest absolute Gasteiger partial charge is 2.00 e. The number of nitrogens with zero attached hydrogens (tertiary/aromatic N) is 3. The maximum Gasteiger partial charge on any atom is 2.00 e. The number of rotatable bonds is 7. The Bertz CT molecular complexity index is 2860. The van der Waals surface area contributed by atoms with E-state index in [0.29, 0.717) is 11.5 Å². The number of benzene rings is 7. The molecule has 280 valence electrons. The van der Waals surface area contributed by atoms with Gasteiger partial charge in [0.2, 0.25) is 0 Å². The Hall–Kier alpha value is -6.61. The third kappa shape index (κ3) is 6.31. The van der Waals surface area contributed by atoms with Crippen LogP contribution in [0.5, 0.6) is 11.5 Å². The summed E-state index contributed by atoms with van der Waals surface area (Å²) < 4.78 is 6.88. The summed E-state index contributed by atoms with van der Waals surface area (Å²) in [5.41, 5.74) is 12.7. The van der Waals surface area contributed by atoms with Crippen molar-refractivity contribution in [3.05, 3.63) is 234 Å². The molecule has 0 saturated heterocycles. The van der Waals surface area contributed by atoms with Crippen molar-refractivity contribution in [1.82, 2.24) is 9.97 Å². The number of fused-ring (bicyclic) bond motifs is 3. The number of hydrogen-bond donors (Lipinski definition) is 0. The van der Waals surface area contributed by atoms with Crippen LogP contribution in [0.4, 0.5) is 17.1 Å². The summed E-state index contributed by atoms with van der Waals surface area (Å²) in [5, 5.41) is 2.21. The van der Waals surface area contributed by atoms with Crippen LogP contribution in [0.2, 0.25) is 0 Å². The van der Waals surface area contributed by atoms with Crippen molar-refractivity contribution >= 4 is 27.8 Å². The van der Waals surface area contributed by atoms with Gasteiger partial charge in [-0.1, -0.05) is 127 Å². The second-order valence-electron chi connectivity index (χ2n) is 14.5. The molecule has 1 aliphatic rings. The standard InChI is InChI=1S/C53H37N3O.Pt/c1-36-16-14-17-37(2)52(36)41-30-40(48-33-38-18-6-7-19-39(38)35-55-48)31-45(32-41)57-44-23-15-20-42(34-44)53(51-28-12-13-29-54-51)46-24-8-10-26-49(46)56(43-21-4-3-5-22-43)50-27-11-9-25-47(50)53;/h3-30,32-33,35H,1-2H3;/q-2;+2. The molecule has 0 amide bonds. The average Bonchev–Trinajstić information content (AvgIpc) is 3.26. The van der Waals surface area contributed by atoms with Crippen molar-refractivity contribution in [3.63, 3.8) is 0 Å². The van der Waals surface area contributed by atoms with Gasteiger partial charge in [0, 0.05) is 29.6 Å². The number of aromatic nitrogens is 2. The first-order chi connectivity index (χ1) is 28.1. The molecule has 0 fully saturated rings. The van der Waals surface area contributed by atoms with Crippen molar-refractivity contribution in [3.8, 4) is 33.9 Å². The van der Waals surface area contributed by atoms with Crippen LogP contribution in [0.25, 0.3) is 33.2 Å². The van der Waals surface area contributed by atoms with Crippen LogP contribution in [0, 0.1) is 26.0 Å². The molecule has 0 atom stereocenters. The molecule has 10 rings (SSSR count). The van der Waals surface area contributed by atoms with E-state index in [2.05, 4.69) is 189 Å². The summed E-state index contributed by atoms with van der Waals surface area (Å²) >= 11 is 0. The Morgan fingerprint density at radius 2 is 1.21 bits per heavy atom. The van der Waals surface area contributed by atoms with Gasteiger partial charge in [-0.15, -0.1) is 29.3 Å². The van der Waals surface area contributed by atoms with Gasteiger partial charge < -0.3 is 14.6 Å². The SMILES string of the molecule is Cc1cccc(C)c1-c1cc(Oc2[c-]c(C3(c4ccccn4)c4ccccc4N(c4ccccc4)c4ccccc43)ccc2)[c-]c(-c2cc3ccccc3cn2)c1.[Pt+2]. The van der Waals surface area contributed by atoms with Crippen LogP contribution >= 0.6 is 0 Å². The number of pyridine rings is 2. The van der Waals surface area contributed by atoms with Crippen molar-refractivity contribution < 1.29 is 25.8 Å². The summed E-state index contributed by atoms with van der Waals surface area (Å²) in [6.45, 7) is 4.31. The molecule has 4 nitrogen and oxygen atoms in total. The first kappa shape index (κ1) is 37.0. The molecule has 5 heteroatoms. The summed E-state index contributed by atoms with van der Waals surface area (Å²) in [6.07, 6.45) is 3.81. The second-order valence-corrected chi connectivity index (χ2v) is 14.5. The summed E-state index contributed by atoms with van der Waals surface area (Å²) in [7, 11) is 0. The molecule has 0 bridgehead atoms. The zero-order valence-corrected chi connectivity index (χ0v) is 34.2. The van der Waals surface area contributed by atoms with E-state index in [4.69, 9.17) is 14.7 Å². The second kappa shape index (κ2) is 15.4. The van der Waals surface area contributed by atoms with Gasteiger partial charge >= 0.3 is 21.1 Å². The molecule has 9 aromatic rings. The number of para-hydroxylation sites is 3. The molecule has 0 spiro atoms. The third-order valence-electron chi connectivity index (χ3n) is 11.1. The van der Waals surface area contributed by atoms with E-state index in [0.717, 1.165) is 67.0 Å². The van der Waals surface area contributed by atoms with Gasteiger partial charge in [-0.3, -0.25) is 4.98 Å². The number of hydrogen-bond acceptors (Lipinski definition) is 4. The number of ether oxygens (including phenoxy) is 1. The molecule has 3 heterocycles. The Morgan fingerprint density at radius 3 is 1.93 bits per heavy atom. The zero-order chi connectivity index (χ0) is 38.3. The average molecular weight is 927 g/mol. The molecule has 7 aromatic carbocycles. The first-order valence-electron chi connectivity index (χ1n) is 19.2. The molecule has 0 unspecified atom stereocenters. The van der Waals surface area contributed by atoms with Crippen molar-refractivity contribution in [2.24, 2.45) is 0 Å². The van der Waals surface area contributed by atoms with Gasteiger partial charge in [0.05, 0.1) is 22.5 Å². The minimum Gasteiger partial charge on any atom is -0.503 e. The molecule has 0 saturated carbocycles. The molecule has 0 radical (unpaired) electrons. The number of anilines is 3. The molecule has 0 aliphatic carbocycles. The molecular formula is C53H37N3OPt. The molecule has 0 N–H and O–H groups in total. The summed E-state index contributed by atoms with van der Waals surface area (Å²) in [6, 6.07) is 68.6. The van der Waals surface area contributed by atoms with E-state index in [1.807, 2.05) is 30.6 Å². The van der Waals surface area contributed by atoms with Crippen LogP contribution in [0.15, 0.2) is 188 Å². The molecular weight excluding hydrogens is 890 g/mol. The summed E-state index contributed by atoms with van der Waals surface area (Å²) in [5.74, 6) is 1.16.